The minimum Gasteiger partial charge on any atom is -0.493 e. The molecular formula is C32H33Cl2IN4O8. The maximum atomic E-state index is 12.5. The number of esters is 1. The lowest BCUT2D eigenvalue weighted by molar-refractivity contribution is -0.136. The summed E-state index contributed by atoms with van der Waals surface area (Å²) >= 11 is 14.3. The molecule has 0 aromatic heterocycles. The number of carbonyl (C=O) groups is 2. The van der Waals surface area contributed by atoms with Crippen molar-refractivity contribution in [2.24, 2.45) is 5.10 Å². The molecule has 0 unspecified atom stereocenters. The number of carbonyl (C=O) groups excluding carboxylic acids is 2. The predicted molar refractivity (Wildman–Crippen MR) is 185 cm³/mol. The Bertz CT molecular complexity index is 1690. The summed E-state index contributed by atoms with van der Waals surface area (Å²) in [5.74, 6) is 1.05. The first-order chi connectivity index (χ1) is 22.5. The quantitative estimate of drug-likeness (QED) is 0.0530. The van der Waals surface area contributed by atoms with E-state index in [-0.39, 0.29) is 18.8 Å². The van der Waals surface area contributed by atoms with Crippen molar-refractivity contribution in [3.8, 4) is 23.0 Å². The van der Waals surface area contributed by atoms with Gasteiger partial charge in [0.1, 0.15) is 13.2 Å². The standard InChI is InChI=1S/C32H33Cl2IN4O8/c1-5-45-25-12-19(29-28(31(41)44-4)17(2)37-32(42)38-29)7-9-24(25)46-16-27(40)39-36-14-20-11-21(35)13-26(43-3)30(20)47-15-18-6-8-22(33)23(34)10-18/h6-14,27,29,39-40H,5,15-16H2,1-4H3,(H2,37,38,42)/b36-14+/t27-,29-/m1/s1. The molecule has 1 aliphatic heterocycles. The molecule has 47 heavy (non-hydrogen) atoms. The van der Waals surface area contributed by atoms with Crippen LogP contribution in [0.1, 0.15) is 36.6 Å². The van der Waals surface area contributed by atoms with E-state index in [9.17, 15) is 14.7 Å². The predicted octanol–water partition coefficient (Wildman–Crippen LogP) is 5.71. The number of methoxy groups -OCH3 is 2. The Morgan fingerprint density at radius 1 is 1.06 bits per heavy atom. The van der Waals surface area contributed by atoms with Crippen LogP contribution in [0.15, 0.2) is 64.9 Å². The van der Waals surface area contributed by atoms with E-state index in [1.165, 1.54) is 13.3 Å². The van der Waals surface area contributed by atoms with Crippen molar-refractivity contribution >= 4 is 64.0 Å². The summed E-state index contributed by atoms with van der Waals surface area (Å²) in [5, 5.41) is 21.0. The second-order valence-electron chi connectivity index (χ2n) is 9.98. The minimum atomic E-state index is -1.20. The molecule has 12 nitrogen and oxygen atoms in total. The third-order valence-corrected chi connectivity index (χ3v) is 8.10. The number of aliphatic hydroxyl groups excluding tert-OH is 1. The SMILES string of the molecule is CCOc1cc([C@H]2NC(=O)NC(C)=C2C(=O)OC)ccc1OC[C@@H](O)N/N=C/c1cc(I)cc(OC)c1OCc1ccc(Cl)c(Cl)c1. The maximum absolute atomic E-state index is 12.5. The van der Waals surface area contributed by atoms with Gasteiger partial charge >= 0.3 is 12.0 Å². The van der Waals surface area contributed by atoms with E-state index in [1.807, 2.05) is 18.2 Å². The average Bonchev–Trinajstić information content (AvgIpc) is 3.04. The molecule has 1 aliphatic rings. The molecule has 4 N–H and O–H groups in total. The maximum Gasteiger partial charge on any atom is 0.337 e. The zero-order valence-electron chi connectivity index (χ0n) is 25.9. The van der Waals surface area contributed by atoms with Gasteiger partial charge in [-0.2, -0.15) is 5.10 Å². The lowest BCUT2D eigenvalue weighted by Crippen LogP contribution is -2.45. The van der Waals surface area contributed by atoms with Crippen LogP contribution in [0.25, 0.3) is 0 Å². The number of benzene rings is 3. The highest BCUT2D eigenvalue weighted by Crippen LogP contribution is 2.36. The first-order valence-corrected chi connectivity index (χ1v) is 16.0. The van der Waals surface area contributed by atoms with Gasteiger partial charge in [0.05, 0.1) is 48.7 Å². The first-order valence-electron chi connectivity index (χ1n) is 14.2. The number of hydrogen-bond acceptors (Lipinski definition) is 10. The summed E-state index contributed by atoms with van der Waals surface area (Å²) in [7, 11) is 2.81. The number of allylic oxidation sites excluding steroid dienone is 1. The largest absolute Gasteiger partial charge is 0.493 e. The van der Waals surface area contributed by atoms with E-state index >= 15 is 0 Å². The van der Waals surface area contributed by atoms with Gasteiger partial charge < -0.3 is 39.4 Å². The summed E-state index contributed by atoms with van der Waals surface area (Å²) in [6, 6.07) is 12.7. The van der Waals surface area contributed by atoms with Crippen LogP contribution in [0.2, 0.25) is 10.0 Å². The van der Waals surface area contributed by atoms with Crippen molar-refractivity contribution in [1.29, 1.82) is 0 Å². The van der Waals surface area contributed by atoms with Gasteiger partial charge in [-0.1, -0.05) is 35.3 Å². The smallest absolute Gasteiger partial charge is 0.337 e. The fraction of sp³-hybridized carbons (Fsp3) is 0.281. The van der Waals surface area contributed by atoms with Crippen LogP contribution in [0, 0.1) is 3.57 Å². The zero-order valence-corrected chi connectivity index (χ0v) is 29.5. The van der Waals surface area contributed by atoms with Crippen molar-refractivity contribution in [1.82, 2.24) is 16.1 Å². The highest BCUT2D eigenvalue weighted by molar-refractivity contribution is 14.1. The van der Waals surface area contributed by atoms with Gasteiger partial charge in [-0.15, -0.1) is 0 Å². The lowest BCUT2D eigenvalue weighted by atomic mass is 9.95. The molecular weight excluding hydrogens is 766 g/mol. The van der Waals surface area contributed by atoms with Crippen molar-refractivity contribution in [3.05, 3.63) is 90.1 Å². The molecule has 0 saturated heterocycles. The number of nitrogens with one attached hydrogen (secondary N) is 3. The lowest BCUT2D eigenvalue weighted by Gasteiger charge is -2.28. The van der Waals surface area contributed by atoms with Crippen LogP contribution < -0.4 is 35.0 Å². The Hall–Kier alpha value is -3.92. The third-order valence-electron chi connectivity index (χ3n) is 6.73. The van der Waals surface area contributed by atoms with Gasteiger partial charge in [-0.05, 0) is 84.0 Å². The molecule has 3 aromatic rings. The fourth-order valence-corrected chi connectivity index (χ4v) is 5.53. The molecule has 2 atom stereocenters. The molecule has 3 aromatic carbocycles. The Balaban J connectivity index is 1.44. The molecule has 4 rings (SSSR count). The van der Waals surface area contributed by atoms with E-state index in [4.69, 9.17) is 46.9 Å². The topological polar surface area (TPSA) is 149 Å². The molecule has 1 heterocycles. The fourth-order valence-electron chi connectivity index (χ4n) is 4.59. The second-order valence-corrected chi connectivity index (χ2v) is 12.0. The van der Waals surface area contributed by atoms with Crippen molar-refractivity contribution < 1.29 is 38.4 Å². The van der Waals surface area contributed by atoms with Crippen LogP contribution >= 0.6 is 45.8 Å². The van der Waals surface area contributed by atoms with Gasteiger partial charge in [0.2, 0.25) is 0 Å². The van der Waals surface area contributed by atoms with Gasteiger partial charge in [0.25, 0.3) is 0 Å². The summed E-state index contributed by atoms with van der Waals surface area (Å²) in [6.07, 6.45) is 0.297. The number of hydrazone groups is 1. The molecule has 0 spiro atoms. The van der Waals surface area contributed by atoms with E-state index in [0.29, 0.717) is 56.5 Å². The summed E-state index contributed by atoms with van der Waals surface area (Å²) < 4.78 is 29.0. The average molecular weight is 799 g/mol. The highest BCUT2D eigenvalue weighted by Gasteiger charge is 2.32. The normalized spacial score (nSPS) is 15.1. The van der Waals surface area contributed by atoms with Gasteiger partial charge in [-0.25, -0.2) is 9.59 Å². The number of rotatable bonds is 14. The Morgan fingerprint density at radius 2 is 1.85 bits per heavy atom. The number of nitrogens with zero attached hydrogens (tertiary/aromatic N) is 1. The summed E-state index contributed by atoms with van der Waals surface area (Å²) in [4.78, 5) is 24.7. The molecule has 0 bridgehead atoms. The van der Waals surface area contributed by atoms with Crippen molar-refractivity contribution in [2.45, 2.75) is 32.7 Å². The third kappa shape index (κ3) is 9.34. The van der Waals surface area contributed by atoms with E-state index in [2.05, 4.69) is 43.8 Å². The summed E-state index contributed by atoms with van der Waals surface area (Å²) in [5.41, 5.74) is 5.26. The van der Waals surface area contributed by atoms with Crippen LogP contribution in [0.5, 0.6) is 23.0 Å². The number of amides is 2. The number of halogens is 3. The summed E-state index contributed by atoms with van der Waals surface area (Å²) in [6.45, 7) is 3.75. The molecule has 2 amide bonds. The molecule has 0 aliphatic carbocycles. The second kappa shape index (κ2) is 16.8. The van der Waals surface area contributed by atoms with Gasteiger partial charge in [0, 0.05) is 14.8 Å². The molecule has 0 saturated carbocycles. The van der Waals surface area contributed by atoms with Crippen molar-refractivity contribution in [3.63, 3.8) is 0 Å². The molecule has 0 radical (unpaired) electrons. The van der Waals surface area contributed by atoms with Crippen LogP contribution in [-0.4, -0.2) is 57.0 Å². The minimum absolute atomic E-state index is 0.191. The van der Waals surface area contributed by atoms with Crippen molar-refractivity contribution in [2.75, 3.05) is 27.4 Å². The van der Waals surface area contributed by atoms with Crippen LogP contribution in [-0.2, 0) is 16.1 Å². The number of hydrogen-bond donors (Lipinski definition) is 4. The molecule has 0 fully saturated rings. The van der Waals surface area contributed by atoms with E-state index in [0.717, 1.165) is 9.13 Å². The Morgan fingerprint density at radius 3 is 2.55 bits per heavy atom. The van der Waals surface area contributed by atoms with E-state index in [1.54, 1.807) is 51.3 Å². The molecule has 250 valence electrons. The first kappa shape index (κ1) is 35.9. The number of urea groups is 1. The monoisotopic (exact) mass is 798 g/mol. The Labute approximate surface area is 295 Å². The van der Waals surface area contributed by atoms with E-state index < -0.39 is 24.3 Å². The van der Waals surface area contributed by atoms with Crippen LogP contribution in [0.3, 0.4) is 0 Å². The zero-order chi connectivity index (χ0) is 34.1. The van der Waals surface area contributed by atoms with Gasteiger partial charge in [-0.3, -0.25) is 5.43 Å². The highest BCUT2D eigenvalue weighted by atomic mass is 127. The number of ether oxygens (including phenoxy) is 5. The van der Waals surface area contributed by atoms with Crippen LogP contribution in [0.4, 0.5) is 4.79 Å². The molecule has 15 heteroatoms. The Kier molecular flexibility index (Phi) is 12.8. The van der Waals surface area contributed by atoms with Gasteiger partial charge in [0.15, 0.2) is 29.2 Å². The number of aliphatic hydroxyl groups is 1.